The van der Waals surface area contributed by atoms with Crippen LogP contribution in [0, 0.1) is 11.8 Å². The summed E-state index contributed by atoms with van der Waals surface area (Å²) in [5.74, 6) is 1.79. The van der Waals surface area contributed by atoms with Gasteiger partial charge in [0.1, 0.15) is 11.5 Å². The van der Waals surface area contributed by atoms with Crippen LogP contribution >= 0.6 is 0 Å². The van der Waals surface area contributed by atoms with E-state index in [0.717, 1.165) is 34.1 Å². The van der Waals surface area contributed by atoms with Crippen molar-refractivity contribution in [2.24, 2.45) is 11.8 Å². The number of alkyl halides is 6. The van der Waals surface area contributed by atoms with Crippen LogP contribution in [0.1, 0.15) is 193 Å². The van der Waals surface area contributed by atoms with Gasteiger partial charge in [0, 0.05) is 0 Å². The van der Waals surface area contributed by atoms with Crippen molar-refractivity contribution >= 4 is 0 Å². The van der Waals surface area contributed by atoms with Gasteiger partial charge >= 0.3 is 12.7 Å². The number of benzene rings is 4. The van der Waals surface area contributed by atoms with Gasteiger partial charge in [-0.15, -0.1) is 26.3 Å². The second-order valence-corrected chi connectivity index (χ2v) is 18.8. The van der Waals surface area contributed by atoms with E-state index in [9.17, 15) is 26.3 Å². The van der Waals surface area contributed by atoms with Crippen LogP contribution in [-0.2, 0) is 12.8 Å². The third kappa shape index (κ3) is 15.9. The first-order valence-electron chi connectivity index (χ1n) is 24.2. The SMILES string of the molecule is CCCCCCCC1CCC(c2ccc(C(Cc3ccc(OC(F)(F)F)cc3)C(Cc3ccc(C4CCC(CCCCCC)CC4)cc3)c3ccc(OC(F)(F)F)cc3)cc2)CC1. The lowest BCUT2D eigenvalue weighted by molar-refractivity contribution is -0.275. The van der Waals surface area contributed by atoms with Gasteiger partial charge in [-0.05, 0) is 157 Å². The molecule has 0 aromatic heterocycles. The summed E-state index contributed by atoms with van der Waals surface area (Å²) in [5, 5.41) is 0. The molecule has 63 heavy (non-hydrogen) atoms. The average Bonchev–Trinajstić information content (AvgIpc) is 3.27. The molecule has 0 saturated heterocycles. The van der Waals surface area contributed by atoms with Gasteiger partial charge in [0.25, 0.3) is 0 Å². The Balaban J connectivity index is 1.24. The first kappa shape index (κ1) is 48.5. The van der Waals surface area contributed by atoms with E-state index in [0.29, 0.717) is 24.7 Å². The minimum atomic E-state index is -4.81. The van der Waals surface area contributed by atoms with Gasteiger partial charge < -0.3 is 9.47 Å². The molecule has 2 fully saturated rings. The highest BCUT2D eigenvalue weighted by Gasteiger charge is 2.33. The van der Waals surface area contributed by atoms with Gasteiger partial charge in [0.15, 0.2) is 0 Å². The minimum Gasteiger partial charge on any atom is -0.406 e. The molecule has 2 saturated carbocycles. The first-order chi connectivity index (χ1) is 30.4. The van der Waals surface area contributed by atoms with E-state index < -0.39 is 12.7 Å². The lowest BCUT2D eigenvalue weighted by Crippen LogP contribution is -2.19. The normalized spacial score (nSPS) is 20.6. The number of hydrogen-bond donors (Lipinski definition) is 0. The third-order valence-corrected chi connectivity index (χ3v) is 14.3. The van der Waals surface area contributed by atoms with E-state index in [2.05, 4.69) is 71.9 Å². The van der Waals surface area contributed by atoms with E-state index in [4.69, 9.17) is 0 Å². The summed E-state index contributed by atoms with van der Waals surface area (Å²) in [5.41, 5.74) is 6.61. The Morgan fingerprint density at radius 1 is 0.429 bits per heavy atom. The quantitative estimate of drug-likeness (QED) is 0.0578. The molecule has 0 heterocycles. The highest BCUT2D eigenvalue weighted by Crippen LogP contribution is 2.43. The van der Waals surface area contributed by atoms with Crippen LogP contribution in [0.25, 0.3) is 0 Å². The zero-order valence-corrected chi connectivity index (χ0v) is 37.6. The molecule has 4 aromatic rings. The summed E-state index contributed by atoms with van der Waals surface area (Å²) < 4.78 is 87.4. The van der Waals surface area contributed by atoms with E-state index in [1.165, 1.54) is 157 Å². The molecule has 0 radical (unpaired) electrons. The van der Waals surface area contributed by atoms with Crippen molar-refractivity contribution in [1.82, 2.24) is 0 Å². The van der Waals surface area contributed by atoms with Crippen molar-refractivity contribution in [1.29, 1.82) is 0 Å². The molecule has 2 atom stereocenters. The van der Waals surface area contributed by atoms with Gasteiger partial charge in [0.05, 0.1) is 0 Å². The molecule has 4 aromatic carbocycles. The Bertz CT molecular complexity index is 1870. The van der Waals surface area contributed by atoms with Crippen LogP contribution in [0.4, 0.5) is 26.3 Å². The molecule has 0 amide bonds. The summed E-state index contributed by atoms with van der Waals surface area (Å²) in [6.45, 7) is 4.51. The van der Waals surface area contributed by atoms with Crippen LogP contribution < -0.4 is 9.47 Å². The number of ether oxygens (including phenoxy) is 2. The average molecular weight is 877 g/mol. The van der Waals surface area contributed by atoms with Gasteiger partial charge in [0.2, 0.25) is 0 Å². The molecule has 0 bridgehead atoms. The second kappa shape index (κ2) is 23.8. The molecular weight excluding hydrogens is 807 g/mol. The van der Waals surface area contributed by atoms with Crippen LogP contribution in [0.5, 0.6) is 11.5 Å². The highest BCUT2D eigenvalue weighted by atomic mass is 19.4. The van der Waals surface area contributed by atoms with Crippen molar-refractivity contribution in [3.05, 3.63) is 130 Å². The summed E-state index contributed by atoms with van der Waals surface area (Å²) >= 11 is 0. The van der Waals surface area contributed by atoms with Gasteiger partial charge in [-0.3, -0.25) is 0 Å². The fourth-order valence-corrected chi connectivity index (χ4v) is 10.6. The molecule has 2 aliphatic rings. The molecule has 0 spiro atoms. The molecule has 344 valence electrons. The molecule has 8 heteroatoms. The Hall–Kier alpha value is -3.94. The summed E-state index contributed by atoms with van der Waals surface area (Å²) in [4.78, 5) is 0. The van der Waals surface area contributed by atoms with E-state index in [1.54, 1.807) is 24.3 Å². The summed E-state index contributed by atoms with van der Waals surface area (Å²) in [6.07, 6.45) is 15.9. The molecular formula is C55H70F6O2. The van der Waals surface area contributed by atoms with Crippen molar-refractivity contribution < 1.29 is 35.8 Å². The summed E-state index contributed by atoms with van der Waals surface area (Å²) in [6, 6.07) is 30.1. The monoisotopic (exact) mass is 877 g/mol. The predicted octanol–water partition coefficient (Wildman–Crippen LogP) is 17.7. The van der Waals surface area contributed by atoms with Crippen molar-refractivity contribution in [2.45, 2.75) is 185 Å². The van der Waals surface area contributed by atoms with Crippen LogP contribution in [0.2, 0.25) is 0 Å². The molecule has 6 rings (SSSR count). The number of rotatable bonds is 22. The van der Waals surface area contributed by atoms with E-state index >= 15 is 0 Å². The highest BCUT2D eigenvalue weighted by molar-refractivity contribution is 5.39. The molecule has 2 unspecified atom stereocenters. The Labute approximate surface area is 373 Å². The van der Waals surface area contributed by atoms with Crippen molar-refractivity contribution in [2.75, 3.05) is 0 Å². The Morgan fingerprint density at radius 3 is 1.16 bits per heavy atom. The fraction of sp³-hybridized carbons (Fsp3) is 0.564. The molecule has 0 N–H and O–H groups in total. The predicted molar refractivity (Wildman–Crippen MR) is 244 cm³/mol. The van der Waals surface area contributed by atoms with Crippen LogP contribution in [0.15, 0.2) is 97.1 Å². The summed E-state index contributed by atoms with van der Waals surface area (Å²) in [7, 11) is 0. The number of halogens is 6. The number of unbranched alkanes of at least 4 members (excludes halogenated alkanes) is 7. The zero-order valence-electron chi connectivity index (χ0n) is 37.6. The van der Waals surface area contributed by atoms with Crippen molar-refractivity contribution in [3.8, 4) is 11.5 Å². The van der Waals surface area contributed by atoms with Crippen molar-refractivity contribution in [3.63, 3.8) is 0 Å². The van der Waals surface area contributed by atoms with Gasteiger partial charge in [-0.1, -0.05) is 157 Å². The van der Waals surface area contributed by atoms with E-state index in [1.807, 2.05) is 0 Å². The largest absolute Gasteiger partial charge is 0.573 e. The Kier molecular flexibility index (Phi) is 18.4. The van der Waals surface area contributed by atoms with Gasteiger partial charge in [-0.25, -0.2) is 0 Å². The first-order valence-corrected chi connectivity index (χ1v) is 24.2. The topological polar surface area (TPSA) is 18.5 Å². The smallest absolute Gasteiger partial charge is 0.406 e. The lowest BCUT2D eigenvalue weighted by atomic mass is 9.73. The molecule has 2 nitrogen and oxygen atoms in total. The maximum atomic E-state index is 13.2. The Morgan fingerprint density at radius 2 is 0.762 bits per heavy atom. The maximum Gasteiger partial charge on any atom is 0.573 e. The zero-order chi connectivity index (χ0) is 44.7. The fourth-order valence-electron chi connectivity index (χ4n) is 10.6. The number of hydrogen-bond acceptors (Lipinski definition) is 2. The third-order valence-electron chi connectivity index (χ3n) is 14.3. The lowest BCUT2D eigenvalue weighted by Gasteiger charge is -2.31. The standard InChI is InChI=1S/C55H70F6O2/c1-3-5-7-9-11-13-41-16-24-45(25-17-41)47-28-30-48(31-29-47)52(39-43-20-34-50(35-21-43)62-54(56,57)58)53(49-32-36-51(37-33-49)63-55(59,60)61)38-42-18-26-46(27-19-42)44-22-14-40(15-23-44)12-10-8-6-4-2/h18-21,26-37,40-41,44-45,52-53H,3-17,22-25,38-39H2,1-2H3. The van der Waals surface area contributed by atoms with Crippen LogP contribution in [-0.4, -0.2) is 12.7 Å². The molecule has 0 aliphatic heterocycles. The molecule has 2 aliphatic carbocycles. The minimum absolute atomic E-state index is 0.154. The second-order valence-electron chi connectivity index (χ2n) is 18.8. The van der Waals surface area contributed by atoms with Gasteiger partial charge in [-0.2, -0.15) is 0 Å². The van der Waals surface area contributed by atoms with Crippen LogP contribution in [0.3, 0.4) is 0 Å². The van der Waals surface area contributed by atoms with E-state index in [-0.39, 0.29) is 23.3 Å². The maximum absolute atomic E-state index is 13.2.